The zero-order valence-electron chi connectivity index (χ0n) is 17.4. The lowest BCUT2D eigenvalue weighted by molar-refractivity contribution is -0.146. The lowest BCUT2D eigenvalue weighted by Crippen LogP contribution is -2.38. The number of aromatic nitrogens is 1. The van der Waals surface area contributed by atoms with Gasteiger partial charge < -0.3 is 4.74 Å². The van der Waals surface area contributed by atoms with Crippen LogP contribution in [0.4, 0.5) is 0 Å². The quantitative estimate of drug-likeness (QED) is 0.685. The SMILES string of the molecule is CCCOC(=O)C1C(C)=NC2=C(C(=O)C[C@H](c3ccccc3)C2)[C@H]1c1cccnc1. The summed E-state index contributed by atoms with van der Waals surface area (Å²) in [7, 11) is 0. The van der Waals surface area contributed by atoms with Crippen molar-refractivity contribution in [3.8, 4) is 0 Å². The summed E-state index contributed by atoms with van der Waals surface area (Å²) < 4.78 is 5.48. The van der Waals surface area contributed by atoms with E-state index in [4.69, 9.17) is 9.73 Å². The summed E-state index contributed by atoms with van der Waals surface area (Å²) in [5, 5.41) is 0. The molecule has 0 amide bonds. The van der Waals surface area contributed by atoms with Gasteiger partial charge in [0.05, 0.1) is 6.61 Å². The van der Waals surface area contributed by atoms with Crippen molar-refractivity contribution >= 4 is 17.5 Å². The first kappa shape index (κ1) is 20.2. The Hall–Kier alpha value is -3.08. The number of rotatable bonds is 5. The van der Waals surface area contributed by atoms with Crippen LogP contribution in [0.25, 0.3) is 0 Å². The van der Waals surface area contributed by atoms with E-state index in [2.05, 4.69) is 17.1 Å². The summed E-state index contributed by atoms with van der Waals surface area (Å²) in [5.74, 6) is -1.16. The average Bonchev–Trinajstić information content (AvgIpc) is 2.77. The summed E-state index contributed by atoms with van der Waals surface area (Å²) in [4.78, 5) is 35.4. The molecule has 4 rings (SSSR count). The highest BCUT2D eigenvalue weighted by Gasteiger charge is 2.44. The summed E-state index contributed by atoms with van der Waals surface area (Å²) in [6.45, 7) is 4.18. The molecule has 1 aromatic heterocycles. The van der Waals surface area contributed by atoms with Gasteiger partial charge in [-0.05, 0) is 42.9 Å². The average molecular weight is 402 g/mol. The molecule has 154 valence electrons. The molecule has 0 radical (unpaired) electrons. The third kappa shape index (κ3) is 3.84. The Labute approximate surface area is 176 Å². The highest BCUT2D eigenvalue weighted by molar-refractivity contribution is 6.09. The standard InChI is InChI=1S/C25H26N2O3/c1-3-12-30-25(29)22-16(2)27-20-13-19(17-8-5-4-6-9-17)14-21(28)24(20)23(22)18-10-7-11-26-15-18/h4-11,15,19,22-23H,3,12-14H2,1-2H3/t19-,22?,23+/m1/s1. The van der Waals surface area contributed by atoms with Crippen molar-refractivity contribution in [1.29, 1.82) is 0 Å². The van der Waals surface area contributed by atoms with Crippen molar-refractivity contribution in [3.05, 3.63) is 77.3 Å². The number of carbonyl (C=O) groups is 2. The van der Waals surface area contributed by atoms with Crippen LogP contribution in [0.1, 0.15) is 56.1 Å². The normalized spacial score (nSPS) is 23.6. The Kier molecular flexibility index (Phi) is 5.88. The van der Waals surface area contributed by atoms with Gasteiger partial charge >= 0.3 is 5.97 Å². The van der Waals surface area contributed by atoms with E-state index in [-0.39, 0.29) is 17.7 Å². The number of Topliss-reactive ketones (excluding diaryl/α,β-unsaturated/α-hetero) is 1. The second-order valence-electron chi connectivity index (χ2n) is 7.96. The number of benzene rings is 1. The Morgan fingerprint density at radius 2 is 1.87 bits per heavy atom. The highest BCUT2D eigenvalue weighted by atomic mass is 16.5. The van der Waals surface area contributed by atoms with Crippen molar-refractivity contribution in [2.45, 2.75) is 44.9 Å². The maximum atomic E-state index is 13.4. The molecule has 1 unspecified atom stereocenters. The van der Waals surface area contributed by atoms with Crippen LogP contribution in [0.3, 0.4) is 0 Å². The molecule has 0 fully saturated rings. The molecule has 30 heavy (non-hydrogen) atoms. The molecule has 5 heteroatoms. The second-order valence-corrected chi connectivity index (χ2v) is 7.96. The van der Waals surface area contributed by atoms with Crippen molar-refractivity contribution in [3.63, 3.8) is 0 Å². The topological polar surface area (TPSA) is 68.6 Å². The van der Waals surface area contributed by atoms with Gasteiger partial charge in [-0.1, -0.05) is 43.3 Å². The fourth-order valence-electron chi connectivity index (χ4n) is 4.54. The van der Waals surface area contributed by atoms with E-state index >= 15 is 0 Å². The van der Waals surface area contributed by atoms with Crippen LogP contribution in [0.2, 0.25) is 0 Å². The first-order chi connectivity index (χ1) is 14.6. The van der Waals surface area contributed by atoms with Crippen LogP contribution in [0.15, 0.2) is 71.1 Å². The predicted molar refractivity (Wildman–Crippen MR) is 115 cm³/mol. The number of carbonyl (C=O) groups excluding carboxylic acids is 2. The molecule has 0 saturated heterocycles. The minimum absolute atomic E-state index is 0.0588. The maximum Gasteiger partial charge on any atom is 0.315 e. The van der Waals surface area contributed by atoms with Gasteiger partial charge in [0.1, 0.15) is 5.92 Å². The van der Waals surface area contributed by atoms with Gasteiger partial charge in [-0.25, -0.2) is 0 Å². The Bertz CT molecular complexity index is 996. The van der Waals surface area contributed by atoms with Gasteiger partial charge in [0.25, 0.3) is 0 Å². The summed E-state index contributed by atoms with van der Waals surface area (Å²) in [5.41, 5.74) is 4.15. The maximum absolute atomic E-state index is 13.4. The van der Waals surface area contributed by atoms with Crippen molar-refractivity contribution < 1.29 is 14.3 Å². The molecule has 2 heterocycles. The molecule has 3 atom stereocenters. The minimum Gasteiger partial charge on any atom is -0.465 e. The first-order valence-electron chi connectivity index (χ1n) is 10.5. The molecular weight excluding hydrogens is 376 g/mol. The van der Waals surface area contributed by atoms with Crippen LogP contribution in [-0.4, -0.2) is 29.1 Å². The van der Waals surface area contributed by atoms with Crippen LogP contribution in [0.5, 0.6) is 0 Å². The number of hydrogen-bond acceptors (Lipinski definition) is 5. The Balaban J connectivity index is 1.76. The first-order valence-corrected chi connectivity index (χ1v) is 10.5. The van der Waals surface area contributed by atoms with E-state index in [9.17, 15) is 9.59 Å². The Morgan fingerprint density at radius 1 is 1.10 bits per heavy atom. The number of hydrogen-bond donors (Lipinski definition) is 0. The molecule has 0 spiro atoms. The van der Waals surface area contributed by atoms with Gasteiger partial charge in [0, 0.05) is 41.7 Å². The molecule has 1 aliphatic heterocycles. The van der Waals surface area contributed by atoms with Gasteiger partial charge in [0.15, 0.2) is 5.78 Å². The summed E-state index contributed by atoms with van der Waals surface area (Å²) in [6, 6.07) is 13.9. The van der Waals surface area contributed by atoms with Gasteiger partial charge in [-0.2, -0.15) is 0 Å². The molecular formula is C25H26N2O3. The molecule has 0 N–H and O–H groups in total. The fourth-order valence-corrected chi connectivity index (χ4v) is 4.54. The zero-order chi connectivity index (χ0) is 21.1. The lowest BCUT2D eigenvalue weighted by Gasteiger charge is -2.36. The number of nitrogens with zero attached hydrogens (tertiary/aromatic N) is 2. The van der Waals surface area contributed by atoms with E-state index in [1.165, 1.54) is 0 Å². The summed E-state index contributed by atoms with van der Waals surface area (Å²) in [6.07, 6.45) is 5.30. The van der Waals surface area contributed by atoms with E-state index in [1.54, 1.807) is 12.4 Å². The van der Waals surface area contributed by atoms with Crippen molar-refractivity contribution in [1.82, 2.24) is 4.98 Å². The van der Waals surface area contributed by atoms with Crippen LogP contribution in [-0.2, 0) is 14.3 Å². The highest BCUT2D eigenvalue weighted by Crippen LogP contribution is 2.46. The lowest BCUT2D eigenvalue weighted by atomic mass is 9.69. The van der Waals surface area contributed by atoms with Crippen LogP contribution in [0, 0.1) is 5.92 Å². The van der Waals surface area contributed by atoms with E-state index < -0.39 is 11.8 Å². The monoisotopic (exact) mass is 402 g/mol. The number of ether oxygens (including phenoxy) is 1. The van der Waals surface area contributed by atoms with Crippen LogP contribution >= 0.6 is 0 Å². The fraction of sp³-hybridized carbons (Fsp3) is 0.360. The number of ketones is 1. The second kappa shape index (κ2) is 8.74. The number of aliphatic imine (C=N–C) groups is 1. The molecule has 0 bridgehead atoms. The molecule has 0 saturated carbocycles. The van der Waals surface area contributed by atoms with Crippen molar-refractivity contribution in [2.24, 2.45) is 10.9 Å². The number of pyridine rings is 1. The Morgan fingerprint density at radius 3 is 2.57 bits per heavy atom. The van der Waals surface area contributed by atoms with E-state index in [1.807, 2.05) is 44.2 Å². The third-order valence-electron chi connectivity index (χ3n) is 5.91. The smallest absolute Gasteiger partial charge is 0.315 e. The third-order valence-corrected chi connectivity index (χ3v) is 5.91. The van der Waals surface area contributed by atoms with Crippen molar-refractivity contribution in [2.75, 3.05) is 6.61 Å². The summed E-state index contributed by atoms with van der Waals surface area (Å²) >= 11 is 0. The molecule has 2 aliphatic rings. The molecule has 1 aliphatic carbocycles. The van der Waals surface area contributed by atoms with E-state index in [0.717, 1.165) is 23.2 Å². The van der Waals surface area contributed by atoms with Gasteiger partial charge in [0.2, 0.25) is 0 Å². The molecule has 1 aromatic carbocycles. The predicted octanol–water partition coefficient (Wildman–Crippen LogP) is 4.61. The largest absolute Gasteiger partial charge is 0.465 e. The zero-order valence-corrected chi connectivity index (χ0v) is 17.4. The number of allylic oxidation sites excluding steroid dienone is 2. The minimum atomic E-state index is -0.600. The van der Waals surface area contributed by atoms with Gasteiger partial charge in [-0.3, -0.25) is 19.6 Å². The van der Waals surface area contributed by atoms with Gasteiger partial charge in [-0.15, -0.1) is 0 Å². The van der Waals surface area contributed by atoms with E-state index in [0.29, 0.717) is 30.7 Å². The molecule has 5 nitrogen and oxygen atoms in total. The molecule has 2 aromatic rings. The van der Waals surface area contributed by atoms with Crippen LogP contribution < -0.4 is 0 Å². The number of esters is 1.